The van der Waals surface area contributed by atoms with Crippen molar-refractivity contribution < 1.29 is 0 Å². The lowest BCUT2D eigenvalue weighted by atomic mass is 9.92. The first-order valence-corrected chi connectivity index (χ1v) is 14.6. The van der Waals surface area contributed by atoms with Gasteiger partial charge >= 0.3 is 0 Å². The van der Waals surface area contributed by atoms with Crippen molar-refractivity contribution in [3.05, 3.63) is 151 Å². The van der Waals surface area contributed by atoms with Gasteiger partial charge in [-0.25, -0.2) is 9.98 Å². The van der Waals surface area contributed by atoms with E-state index in [0.717, 1.165) is 38.7 Å². The number of aliphatic imine (C=N–C) groups is 1. The maximum Gasteiger partial charge on any atom is 0.124 e. The molecule has 1 N–H and O–H groups in total. The van der Waals surface area contributed by atoms with Crippen LogP contribution in [0.5, 0.6) is 0 Å². The van der Waals surface area contributed by atoms with Gasteiger partial charge in [0.1, 0.15) is 5.01 Å². The number of nitrogens with one attached hydrogen (secondary N) is 1. The van der Waals surface area contributed by atoms with Gasteiger partial charge in [-0.05, 0) is 58.0 Å². The van der Waals surface area contributed by atoms with E-state index in [1.165, 1.54) is 32.2 Å². The fraction of sp³-hybridized carbons (Fsp3) is 0.0270. The Morgan fingerprint density at radius 1 is 0.585 bits per heavy atom. The molecule has 3 nitrogen and oxygen atoms in total. The van der Waals surface area contributed by atoms with Crippen molar-refractivity contribution in [1.82, 2.24) is 4.98 Å². The Morgan fingerprint density at radius 3 is 2.17 bits per heavy atom. The molecule has 0 amide bonds. The highest BCUT2D eigenvalue weighted by atomic mass is 32.1. The number of anilines is 1. The standard InChI is InChI=1S/C37H25N3S/c1-3-10-25(11-4-1)34-35(39-32-17-8-7-16-31(32)38-34)29-15-9-14-27(22-29)28-19-18-24-20-21-33-36(30(24)23-28)41-37(40-33)26-12-5-2-6-13-26/h1-23,34,38H. The second-order valence-corrected chi connectivity index (χ2v) is 11.3. The highest BCUT2D eigenvalue weighted by molar-refractivity contribution is 7.22. The largest absolute Gasteiger partial charge is 0.371 e. The van der Waals surface area contributed by atoms with Crippen molar-refractivity contribution in [1.29, 1.82) is 0 Å². The number of nitrogens with zero attached hydrogens (tertiary/aromatic N) is 2. The second-order valence-electron chi connectivity index (χ2n) is 10.3. The molecule has 1 aromatic heterocycles. The van der Waals surface area contributed by atoms with Crippen LogP contribution >= 0.6 is 11.3 Å². The number of para-hydroxylation sites is 2. The Balaban J connectivity index is 1.24. The Labute approximate surface area is 242 Å². The van der Waals surface area contributed by atoms with Crippen LogP contribution in [-0.2, 0) is 0 Å². The maximum absolute atomic E-state index is 5.18. The summed E-state index contributed by atoms with van der Waals surface area (Å²) in [7, 11) is 0. The van der Waals surface area contributed by atoms with Gasteiger partial charge < -0.3 is 5.32 Å². The molecule has 194 valence electrons. The molecule has 1 unspecified atom stereocenters. The first kappa shape index (κ1) is 23.8. The Kier molecular flexibility index (Phi) is 5.71. The molecule has 0 spiro atoms. The van der Waals surface area contributed by atoms with Crippen molar-refractivity contribution >= 4 is 49.4 Å². The van der Waals surface area contributed by atoms with E-state index in [-0.39, 0.29) is 6.04 Å². The van der Waals surface area contributed by atoms with E-state index in [2.05, 4.69) is 133 Å². The van der Waals surface area contributed by atoms with Gasteiger partial charge in [0.25, 0.3) is 0 Å². The molecule has 0 bridgehead atoms. The number of hydrogen-bond donors (Lipinski definition) is 1. The Bertz CT molecular complexity index is 2080. The molecule has 2 heterocycles. The van der Waals surface area contributed by atoms with E-state index in [0.29, 0.717) is 0 Å². The average Bonchev–Trinajstić information content (AvgIpc) is 3.50. The van der Waals surface area contributed by atoms with Gasteiger partial charge in [0.15, 0.2) is 0 Å². The van der Waals surface area contributed by atoms with Crippen LogP contribution in [0.1, 0.15) is 17.2 Å². The predicted octanol–water partition coefficient (Wildman–Crippen LogP) is 10.1. The minimum absolute atomic E-state index is 0.0359. The summed E-state index contributed by atoms with van der Waals surface area (Å²) >= 11 is 1.76. The van der Waals surface area contributed by atoms with Crippen LogP contribution < -0.4 is 5.32 Å². The van der Waals surface area contributed by atoms with Crippen molar-refractivity contribution in [3.8, 4) is 21.7 Å². The van der Waals surface area contributed by atoms with Crippen molar-refractivity contribution in [3.63, 3.8) is 0 Å². The number of rotatable bonds is 4. The molecular formula is C37H25N3S. The van der Waals surface area contributed by atoms with Crippen molar-refractivity contribution in [2.24, 2.45) is 4.99 Å². The zero-order valence-corrected chi connectivity index (χ0v) is 23.0. The summed E-state index contributed by atoms with van der Waals surface area (Å²) in [5.74, 6) is 0. The van der Waals surface area contributed by atoms with E-state index >= 15 is 0 Å². The number of aromatic nitrogens is 1. The first-order valence-electron chi connectivity index (χ1n) is 13.8. The number of fused-ring (bicyclic) bond motifs is 4. The molecule has 41 heavy (non-hydrogen) atoms. The van der Waals surface area contributed by atoms with Gasteiger partial charge in [-0.1, -0.05) is 109 Å². The summed E-state index contributed by atoms with van der Waals surface area (Å²) < 4.78 is 1.22. The van der Waals surface area contributed by atoms with E-state index in [1.807, 2.05) is 12.1 Å². The molecule has 0 aliphatic carbocycles. The minimum atomic E-state index is -0.0359. The third kappa shape index (κ3) is 4.30. The molecule has 1 atom stereocenters. The Hall–Kier alpha value is -5.06. The summed E-state index contributed by atoms with van der Waals surface area (Å²) in [4.78, 5) is 10.1. The summed E-state index contributed by atoms with van der Waals surface area (Å²) in [6, 6.07) is 49.1. The molecular weight excluding hydrogens is 518 g/mol. The van der Waals surface area contributed by atoms with Crippen LogP contribution in [0.4, 0.5) is 11.4 Å². The molecule has 0 saturated heterocycles. The normalized spacial score (nSPS) is 14.4. The van der Waals surface area contributed by atoms with Crippen LogP contribution in [-0.4, -0.2) is 10.7 Å². The first-order chi connectivity index (χ1) is 20.3. The number of benzene rings is 6. The van der Waals surface area contributed by atoms with E-state index < -0.39 is 0 Å². The summed E-state index contributed by atoms with van der Waals surface area (Å²) in [6.45, 7) is 0. The van der Waals surface area contributed by atoms with Crippen LogP contribution in [0.2, 0.25) is 0 Å². The fourth-order valence-corrected chi connectivity index (χ4v) is 6.77. The zero-order valence-electron chi connectivity index (χ0n) is 22.2. The quantitative estimate of drug-likeness (QED) is 0.240. The molecule has 8 rings (SSSR count). The number of thiazole rings is 1. The topological polar surface area (TPSA) is 37.3 Å². The lowest BCUT2D eigenvalue weighted by molar-refractivity contribution is 1.01. The molecule has 0 saturated carbocycles. The third-order valence-corrected chi connectivity index (χ3v) is 8.89. The molecule has 0 fully saturated rings. The molecule has 1 aliphatic rings. The van der Waals surface area contributed by atoms with E-state index in [1.54, 1.807) is 11.3 Å². The summed E-state index contributed by atoms with van der Waals surface area (Å²) in [6.07, 6.45) is 0. The summed E-state index contributed by atoms with van der Waals surface area (Å²) in [5.41, 5.74) is 9.90. The fourth-order valence-electron chi connectivity index (χ4n) is 5.68. The SMILES string of the molecule is c1ccc(-c2nc3ccc4ccc(-c5cccc(C6=Nc7ccccc7NC6c6ccccc6)c5)cc4c3s2)cc1. The van der Waals surface area contributed by atoms with Gasteiger partial charge in [-0.2, -0.15) is 0 Å². The molecule has 0 radical (unpaired) electrons. The van der Waals surface area contributed by atoms with Crippen molar-refractivity contribution in [2.75, 3.05) is 5.32 Å². The van der Waals surface area contributed by atoms with Crippen molar-refractivity contribution in [2.45, 2.75) is 6.04 Å². The van der Waals surface area contributed by atoms with Gasteiger partial charge in [0.2, 0.25) is 0 Å². The lowest BCUT2D eigenvalue weighted by Crippen LogP contribution is -2.24. The monoisotopic (exact) mass is 543 g/mol. The Morgan fingerprint density at radius 2 is 1.29 bits per heavy atom. The van der Waals surface area contributed by atoms with Gasteiger partial charge in [0.05, 0.1) is 33.3 Å². The average molecular weight is 544 g/mol. The maximum atomic E-state index is 5.18. The molecule has 4 heteroatoms. The van der Waals surface area contributed by atoms with E-state index in [4.69, 9.17) is 9.98 Å². The van der Waals surface area contributed by atoms with Crippen LogP contribution in [0.25, 0.3) is 42.7 Å². The highest BCUT2D eigenvalue weighted by Gasteiger charge is 2.25. The van der Waals surface area contributed by atoms with Gasteiger partial charge in [-0.3, -0.25) is 0 Å². The van der Waals surface area contributed by atoms with Crippen LogP contribution in [0.3, 0.4) is 0 Å². The van der Waals surface area contributed by atoms with Crippen LogP contribution in [0.15, 0.2) is 145 Å². The minimum Gasteiger partial charge on any atom is -0.371 e. The van der Waals surface area contributed by atoms with Gasteiger partial charge in [0, 0.05) is 10.9 Å². The third-order valence-electron chi connectivity index (χ3n) is 7.74. The predicted molar refractivity (Wildman–Crippen MR) is 173 cm³/mol. The molecule has 1 aliphatic heterocycles. The second kappa shape index (κ2) is 9.84. The van der Waals surface area contributed by atoms with Gasteiger partial charge in [-0.15, -0.1) is 11.3 Å². The smallest absolute Gasteiger partial charge is 0.124 e. The van der Waals surface area contributed by atoms with Crippen LogP contribution in [0, 0.1) is 0 Å². The number of hydrogen-bond acceptors (Lipinski definition) is 4. The highest BCUT2D eigenvalue weighted by Crippen LogP contribution is 2.39. The van der Waals surface area contributed by atoms with E-state index in [9.17, 15) is 0 Å². The molecule has 6 aromatic carbocycles. The summed E-state index contributed by atoms with van der Waals surface area (Å²) in [5, 5.41) is 7.25. The lowest BCUT2D eigenvalue weighted by Gasteiger charge is -2.28. The zero-order chi connectivity index (χ0) is 27.2. The molecule has 7 aromatic rings.